The predicted molar refractivity (Wildman–Crippen MR) is 102 cm³/mol. The van der Waals surface area contributed by atoms with Crippen molar-refractivity contribution in [2.45, 2.75) is 44.7 Å². The maximum absolute atomic E-state index is 14.1. The molecule has 0 aromatic heterocycles. The van der Waals surface area contributed by atoms with Gasteiger partial charge in [-0.15, -0.1) is 0 Å². The van der Waals surface area contributed by atoms with Gasteiger partial charge in [-0.2, -0.15) is 0 Å². The predicted octanol–water partition coefficient (Wildman–Crippen LogP) is 3.71. The molecule has 0 spiro atoms. The van der Waals surface area contributed by atoms with Crippen LogP contribution in [0.2, 0.25) is 0 Å². The van der Waals surface area contributed by atoms with E-state index in [-0.39, 0.29) is 35.5 Å². The lowest BCUT2D eigenvalue weighted by Crippen LogP contribution is -2.39. The van der Waals surface area contributed by atoms with Gasteiger partial charge in [-0.1, -0.05) is 6.07 Å². The number of hydrogen-bond donors (Lipinski definition) is 3. The SMILES string of the molecule is Cc1cc(F)c2c(c1)C(CCNC(=O)C1Cc3cc(F)ccc3N1)C(C)N2. The number of nitrogens with one attached hydrogen (secondary N) is 3. The third kappa shape index (κ3) is 3.36. The monoisotopic (exact) mass is 371 g/mol. The van der Waals surface area contributed by atoms with Gasteiger partial charge in [0.15, 0.2) is 0 Å². The first kappa shape index (κ1) is 17.8. The van der Waals surface area contributed by atoms with Crippen molar-refractivity contribution in [2.24, 2.45) is 0 Å². The number of anilines is 2. The van der Waals surface area contributed by atoms with E-state index in [2.05, 4.69) is 16.0 Å². The Hall–Kier alpha value is -2.63. The summed E-state index contributed by atoms with van der Waals surface area (Å²) in [5.74, 6) is -0.456. The Labute approximate surface area is 157 Å². The second kappa shape index (κ2) is 6.83. The number of benzene rings is 2. The third-order valence-corrected chi connectivity index (χ3v) is 5.53. The molecule has 2 aliphatic heterocycles. The zero-order chi connectivity index (χ0) is 19.1. The number of carbonyl (C=O) groups is 1. The number of amides is 1. The molecular formula is C21H23F2N3O. The molecule has 3 unspecified atom stereocenters. The summed E-state index contributed by atoms with van der Waals surface area (Å²) in [5, 5.41) is 9.32. The molecule has 0 aliphatic carbocycles. The maximum Gasteiger partial charge on any atom is 0.242 e. The summed E-state index contributed by atoms with van der Waals surface area (Å²) in [7, 11) is 0. The molecule has 0 saturated carbocycles. The highest BCUT2D eigenvalue weighted by molar-refractivity contribution is 5.87. The number of fused-ring (bicyclic) bond motifs is 2. The van der Waals surface area contributed by atoms with E-state index in [0.717, 1.165) is 28.8 Å². The van der Waals surface area contributed by atoms with Crippen LogP contribution in [0.4, 0.5) is 20.2 Å². The molecule has 3 atom stereocenters. The molecule has 0 saturated heterocycles. The summed E-state index contributed by atoms with van der Waals surface area (Å²) >= 11 is 0. The lowest BCUT2D eigenvalue weighted by Gasteiger charge is -2.18. The number of aryl methyl sites for hydroxylation is 1. The van der Waals surface area contributed by atoms with Crippen LogP contribution < -0.4 is 16.0 Å². The van der Waals surface area contributed by atoms with E-state index in [0.29, 0.717) is 18.7 Å². The Bertz CT molecular complexity index is 899. The molecule has 4 nitrogen and oxygen atoms in total. The fraction of sp³-hybridized carbons (Fsp3) is 0.381. The van der Waals surface area contributed by atoms with Gasteiger partial charge in [-0.3, -0.25) is 4.79 Å². The maximum atomic E-state index is 14.1. The molecule has 2 aromatic rings. The van der Waals surface area contributed by atoms with Crippen LogP contribution in [0.5, 0.6) is 0 Å². The van der Waals surface area contributed by atoms with Crippen LogP contribution in [-0.4, -0.2) is 24.5 Å². The summed E-state index contributed by atoms with van der Waals surface area (Å²) in [5.41, 5.74) is 4.10. The summed E-state index contributed by atoms with van der Waals surface area (Å²) in [4.78, 5) is 12.5. The molecule has 0 radical (unpaired) electrons. The van der Waals surface area contributed by atoms with Gasteiger partial charge in [0.2, 0.25) is 5.91 Å². The molecular weight excluding hydrogens is 348 g/mol. The normalized spacial score (nSPS) is 22.6. The molecule has 1 amide bonds. The lowest BCUT2D eigenvalue weighted by atomic mass is 9.91. The van der Waals surface area contributed by atoms with E-state index in [1.54, 1.807) is 6.07 Å². The van der Waals surface area contributed by atoms with Gasteiger partial charge in [0.05, 0.1) is 5.69 Å². The summed E-state index contributed by atoms with van der Waals surface area (Å²) in [6.45, 7) is 4.43. The standard InChI is InChI=1S/C21H23F2N3O/c1-11-7-16-15(12(2)25-20(16)17(23)8-11)5-6-24-21(27)19-10-13-9-14(22)3-4-18(13)26-19/h3-4,7-9,12,15,19,25-26H,5-6,10H2,1-2H3,(H,24,27). The topological polar surface area (TPSA) is 53.2 Å². The lowest BCUT2D eigenvalue weighted by molar-refractivity contribution is -0.121. The van der Waals surface area contributed by atoms with Gasteiger partial charge < -0.3 is 16.0 Å². The van der Waals surface area contributed by atoms with Crippen LogP contribution in [-0.2, 0) is 11.2 Å². The number of hydrogen-bond acceptors (Lipinski definition) is 3. The molecule has 2 aliphatic rings. The first-order valence-corrected chi connectivity index (χ1v) is 9.31. The average molecular weight is 371 g/mol. The average Bonchev–Trinajstić information content (AvgIpc) is 3.16. The Morgan fingerprint density at radius 1 is 1.22 bits per heavy atom. The smallest absolute Gasteiger partial charge is 0.242 e. The van der Waals surface area contributed by atoms with Gasteiger partial charge >= 0.3 is 0 Å². The van der Waals surface area contributed by atoms with E-state index in [9.17, 15) is 13.6 Å². The van der Waals surface area contributed by atoms with E-state index in [1.807, 2.05) is 19.9 Å². The van der Waals surface area contributed by atoms with E-state index in [4.69, 9.17) is 0 Å². The van der Waals surface area contributed by atoms with Crippen LogP contribution in [0.15, 0.2) is 30.3 Å². The Morgan fingerprint density at radius 3 is 2.85 bits per heavy atom. The minimum atomic E-state index is -0.382. The van der Waals surface area contributed by atoms with Gasteiger partial charge in [-0.05, 0) is 61.2 Å². The quantitative estimate of drug-likeness (QED) is 0.768. The second-order valence-electron chi connectivity index (χ2n) is 7.53. The van der Waals surface area contributed by atoms with Gasteiger partial charge in [0, 0.05) is 30.6 Å². The first-order valence-electron chi connectivity index (χ1n) is 9.31. The van der Waals surface area contributed by atoms with Crippen LogP contribution >= 0.6 is 0 Å². The van der Waals surface area contributed by atoms with Crippen LogP contribution in [0.1, 0.15) is 36.0 Å². The fourth-order valence-corrected chi connectivity index (χ4v) is 4.18. The second-order valence-corrected chi connectivity index (χ2v) is 7.53. The van der Waals surface area contributed by atoms with Crippen molar-refractivity contribution in [2.75, 3.05) is 17.2 Å². The minimum absolute atomic E-state index is 0.0964. The van der Waals surface area contributed by atoms with Crippen LogP contribution in [0.3, 0.4) is 0 Å². The molecule has 0 fully saturated rings. The molecule has 2 heterocycles. The van der Waals surface area contributed by atoms with Crippen molar-refractivity contribution in [3.63, 3.8) is 0 Å². The van der Waals surface area contributed by atoms with Crippen molar-refractivity contribution >= 4 is 17.3 Å². The molecule has 2 aromatic carbocycles. The largest absolute Gasteiger partial charge is 0.379 e. The van der Waals surface area contributed by atoms with Crippen molar-refractivity contribution < 1.29 is 13.6 Å². The van der Waals surface area contributed by atoms with Crippen molar-refractivity contribution in [1.82, 2.24) is 5.32 Å². The molecule has 0 bridgehead atoms. The highest BCUT2D eigenvalue weighted by Gasteiger charge is 2.32. The van der Waals surface area contributed by atoms with Crippen LogP contribution in [0.25, 0.3) is 0 Å². The summed E-state index contributed by atoms with van der Waals surface area (Å²) in [6.07, 6.45) is 1.21. The zero-order valence-corrected chi connectivity index (χ0v) is 15.4. The van der Waals surface area contributed by atoms with E-state index in [1.165, 1.54) is 18.2 Å². The van der Waals surface area contributed by atoms with Gasteiger partial charge in [0.1, 0.15) is 17.7 Å². The van der Waals surface area contributed by atoms with Gasteiger partial charge in [0.25, 0.3) is 0 Å². The third-order valence-electron chi connectivity index (χ3n) is 5.53. The minimum Gasteiger partial charge on any atom is -0.379 e. The Kier molecular flexibility index (Phi) is 4.50. The number of carbonyl (C=O) groups excluding carboxylic acids is 1. The molecule has 4 rings (SSSR count). The summed E-state index contributed by atoms with van der Waals surface area (Å²) in [6, 6.07) is 7.81. The molecule has 6 heteroatoms. The Morgan fingerprint density at radius 2 is 2.04 bits per heavy atom. The molecule has 27 heavy (non-hydrogen) atoms. The highest BCUT2D eigenvalue weighted by Crippen LogP contribution is 2.40. The Balaban J connectivity index is 1.35. The van der Waals surface area contributed by atoms with E-state index < -0.39 is 0 Å². The summed E-state index contributed by atoms with van der Waals surface area (Å²) < 4.78 is 27.5. The highest BCUT2D eigenvalue weighted by atomic mass is 19.1. The van der Waals surface area contributed by atoms with Crippen LogP contribution in [0, 0.1) is 18.6 Å². The van der Waals surface area contributed by atoms with Crippen molar-refractivity contribution in [1.29, 1.82) is 0 Å². The zero-order valence-electron chi connectivity index (χ0n) is 15.4. The molecule has 142 valence electrons. The fourth-order valence-electron chi connectivity index (χ4n) is 4.18. The number of rotatable bonds is 4. The number of halogens is 2. The molecule has 3 N–H and O–H groups in total. The van der Waals surface area contributed by atoms with Gasteiger partial charge in [-0.25, -0.2) is 8.78 Å². The van der Waals surface area contributed by atoms with Crippen molar-refractivity contribution in [3.8, 4) is 0 Å². The van der Waals surface area contributed by atoms with Crippen molar-refractivity contribution in [3.05, 3.63) is 58.7 Å². The first-order chi connectivity index (χ1) is 12.9. The van der Waals surface area contributed by atoms with E-state index >= 15 is 0 Å².